The summed E-state index contributed by atoms with van der Waals surface area (Å²) in [5, 5.41) is 9.36. The minimum Gasteiger partial charge on any atom is -0.378 e. The van der Waals surface area contributed by atoms with E-state index in [1.54, 1.807) is 11.1 Å². The van der Waals surface area contributed by atoms with Crippen molar-refractivity contribution in [2.45, 2.75) is 71.6 Å². The van der Waals surface area contributed by atoms with E-state index in [1.807, 2.05) is 6.92 Å². The first-order valence-electron chi connectivity index (χ1n) is 14.2. The number of aliphatic imine (C=N–C) groups is 1. The summed E-state index contributed by atoms with van der Waals surface area (Å²) < 4.78 is 5.65. The van der Waals surface area contributed by atoms with E-state index in [0.29, 0.717) is 24.4 Å². The molecule has 0 aromatic heterocycles. The monoisotopic (exact) mass is 504 g/mol. The van der Waals surface area contributed by atoms with Gasteiger partial charge >= 0.3 is 0 Å². The van der Waals surface area contributed by atoms with Gasteiger partial charge in [-0.2, -0.15) is 0 Å². The molecule has 2 saturated carbocycles. The summed E-state index contributed by atoms with van der Waals surface area (Å²) in [7, 11) is 4.17. The van der Waals surface area contributed by atoms with Crippen molar-refractivity contribution < 1.29 is 14.6 Å². The molecule has 0 radical (unpaired) electrons. The number of Topliss-reactive ketones (excluding diaryl/α,β-unsaturated/α-hetero) is 1. The highest BCUT2D eigenvalue weighted by Gasteiger charge is 2.63. The van der Waals surface area contributed by atoms with Crippen LogP contribution in [0.3, 0.4) is 0 Å². The smallest absolute Gasteiger partial charge is 0.164 e. The number of hydrogen-bond acceptors (Lipinski definition) is 5. The number of nitrogens with zero attached hydrogens (tertiary/aromatic N) is 2. The predicted octanol–water partition coefficient (Wildman–Crippen LogP) is 6.09. The predicted molar refractivity (Wildman–Crippen MR) is 150 cm³/mol. The molecule has 5 rings (SSSR count). The third kappa shape index (κ3) is 4.32. The standard InChI is InChI=1S/C32H44N2O3/c1-6-37-19-29(36)31(2)16-15-28-26-13-9-22-17-23(33-20-35)10-14-25(22)30(26)27(18-32(28,31)3)21-7-11-24(12-8-21)34(4)5/h7-8,11-12,17,26-28,35H,6,9-10,13-16,18-20H2,1-5H3/b33-23+/t26?,27?,28?,31-,32+/m1/s1. The molecule has 0 bridgehead atoms. The van der Waals surface area contributed by atoms with Gasteiger partial charge in [-0.1, -0.05) is 31.6 Å². The summed E-state index contributed by atoms with van der Waals surface area (Å²) >= 11 is 0. The maximum atomic E-state index is 13.6. The van der Waals surface area contributed by atoms with Crippen LogP contribution in [0.15, 0.2) is 52.1 Å². The number of aliphatic hydroxyl groups is 1. The van der Waals surface area contributed by atoms with E-state index < -0.39 is 0 Å². The normalized spacial score (nSPS) is 34.1. The Balaban J connectivity index is 1.62. The van der Waals surface area contributed by atoms with Crippen LogP contribution in [-0.2, 0) is 9.53 Å². The Labute approximate surface area is 222 Å². The summed E-state index contributed by atoms with van der Waals surface area (Å²) in [4.78, 5) is 20.1. The first-order valence-corrected chi connectivity index (χ1v) is 14.2. The lowest BCUT2D eigenvalue weighted by Crippen LogP contribution is -2.50. The van der Waals surface area contributed by atoms with Crippen molar-refractivity contribution in [1.29, 1.82) is 0 Å². The topological polar surface area (TPSA) is 62.1 Å². The number of fused-ring (bicyclic) bond motifs is 4. The summed E-state index contributed by atoms with van der Waals surface area (Å²) in [6.07, 6.45) is 9.45. The molecule has 5 nitrogen and oxygen atoms in total. The third-order valence-electron chi connectivity index (χ3n) is 10.5. The largest absolute Gasteiger partial charge is 0.378 e. The average molecular weight is 505 g/mol. The molecule has 1 aromatic carbocycles. The molecule has 1 N–H and O–H groups in total. The second kappa shape index (κ2) is 10.1. The molecule has 200 valence electrons. The highest BCUT2D eigenvalue weighted by Crippen LogP contribution is 2.69. The van der Waals surface area contributed by atoms with Crippen molar-refractivity contribution in [3.05, 3.63) is 52.6 Å². The number of carbonyl (C=O) groups excluding carboxylic acids is 1. The number of allylic oxidation sites excluding steroid dienone is 4. The molecule has 5 atom stereocenters. The Hall–Kier alpha value is -2.24. The van der Waals surface area contributed by atoms with Crippen molar-refractivity contribution in [3.8, 4) is 0 Å². The maximum Gasteiger partial charge on any atom is 0.164 e. The quantitative estimate of drug-likeness (QED) is 0.488. The number of anilines is 1. The van der Waals surface area contributed by atoms with E-state index in [0.717, 1.165) is 50.7 Å². The zero-order chi connectivity index (χ0) is 26.4. The van der Waals surface area contributed by atoms with Crippen molar-refractivity contribution in [2.75, 3.05) is 38.9 Å². The number of rotatable bonds is 7. The first-order chi connectivity index (χ1) is 17.7. The van der Waals surface area contributed by atoms with E-state index in [4.69, 9.17) is 4.74 Å². The van der Waals surface area contributed by atoms with Gasteiger partial charge in [-0.15, -0.1) is 0 Å². The molecule has 1 aromatic rings. The third-order valence-corrected chi connectivity index (χ3v) is 10.5. The Morgan fingerprint density at radius 1 is 1.14 bits per heavy atom. The summed E-state index contributed by atoms with van der Waals surface area (Å²) in [5.41, 5.74) is 7.82. The van der Waals surface area contributed by atoms with Crippen molar-refractivity contribution in [2.24, 2.45) is 27.7 Å². The summed E-state index contributed by atoms with van der Waals surface area (Å²) in [6, 6.07) is 9.12. The van der Waals surface area contributed by atoms with Gasteiger partial charge in [0.1, 0.15) is 13.3 Å². The first kappa shape index (κ1) is 26.4. The lowest BCUT2D eigenvalue weighted by Gasteiger charge is -2.55. The van der Waals surface area contributed by atoms with Gasteiger partial charge in [-0.25, -0.2) is 0 Å². The summed E-state index contributed by atoms with van der Waals surface area (Å²) in [6.45, 7) is 7.31. The van der Waals surface area contributed by atoms with Crippen LogP contribution in [0, 0.1) is 22.7 Å². The van der Waals surface area contributed by atoms with Crippen LogP contribution in [0.5, 0.6) is 0 Å². The molecule has 4 aliphatic carbocycles. The fraction of sp³-hybridized carbons (Fsp3) is 0.625. The lowest BCUT2D eigenvalue weighted by molar-refractivity contribution is -0.141. The van der Waals surface area contributed by atoms with Gasteiger partial charge in [0.15, 0.2) is 5.78 Å². The van der Waals surface area contributed by atoms with E-state index in [1.165, 1.54) is 16.8 Å². The van der Waals surface area contributed by atoms with Gasteiger partial charge in [0.2, 0.25) is 0 Å². The van der Waals surface area contributed by atoms with E-state index in [9.17, 15) is 9.90 Å². The molecule has 0 saturated heterocycles. The van der Waals surface area contributed by atoms with Crippen LogP contribution in [0.1, 0.15) is 77.2 Å². The Bertz CT molecular complexity index is 1130. The minimum absolute atomic E-state index is 0.0554. The molecule has 0 amide bonds. The number of hydrogen-bond donors (Lipinski definition) is 1. The Morgan fingerprint density at radius 2 is 1.89 bits per heavy atom. The van der Waals surface area contributed by atoms with Gasteiger partial charge in [-0.3, -0.25) is 9.79 Å². The fourth-order valence-electron chi connectivity index (χ4n) is 8.25. The second-order valence-corrected chi connectivity index (χ2v) is 12.2. The number of ether oxygens (including phenoxy) is 1. The Kier molecular flexibility index (Phi) is 7.23. The molecular formula is C32H44N2O3. The molecule has 0 heterocycles. The fourth-order valence-corrected chi connectivity index (χ4v) is 8.25. The maximum absolute atomic E-state index is 13.6. The van der Waals surface area contributed by atoms with Crippen molar-refractivity contribution in [1.82, 2.24) is 0 Å². The highest BCUT2D eigenvalue weighted by atomic mass is 16.5. The van der Waals surface area contributed by atoms with Crippen LogP contribution in [0.4, 0.5) is 5.69 Å². The zero-order valence-corrected chi connectivity index (χ0v) is 23.3. The molecule has 0 spiro atoms. The molecule has 4 aliphatic rings. The average Bonchev–Trinajstić information content (AvgIpc) is 3.18. The van der Waals surface area contributed by atoms with E-state index in [-0.39, 0.29) is 30.0 Å². The molecule has 5 heteroatoms. The SMILES string of the molecule is CCOCC(=O)[C@@]1(C)CCC2C3CCC4=C/C(=N/CO)CCC4=C3C(c3ccc(N(C)C)cc3)C[C@@]21C. The van der Waals surface area contributed by atoms with Crippen LogP contribution in [0.2, 0.25) is 0 Å². The molecule has 0 aliphatic heterocycles. The van der Waals surface area contributed by atoms with Gasteiger partial charge in [0, 0.05) is 43.4 Å². The number of ketones is 1. The Morgan fingerprint density at radius 3 is 2.57 bits per heavy atom. The van der Waals surface area contributed by atoms with E-state index >= 15 is 0 Å². The van der Waals surface area contributed by atoms with Gasteiger partial charge in [0.25, 0.3) is 0 Å². The van der Waals surface area contributed by atoms with Crippen molar-refractivity contribution in [3.63, 3.8) is 0 Å². The van der Waals surface area contributed by atoms with Crippen LogP contribution in [0.25, 0.3) is 0 Å². The minimum atomic E-state index is -0.353. The molecular weight excluding hydrogens is 460 g/mol. The van der Waals surface area contributed by atoms with Crippen LogP contribution >= 0.6 is 0 Å². The molecule has 2 fully saturated rings. The van der Waals surface area contributed by atoms with Gasteiger partial charge in [0.05, 0.1) is 0 Å². The lowest BCUT2D eigenvalue weighted by atomic mass is 9.48. The van der Waals surface area contributed by atoms with Gasteiger partial charge in [-0.05, 0) is 104 Å². The number of aliphatic hydroxyl groups excluding tert-OH is 1. The van der Waals surface area contributed by atoms with Gasteiger partial charge < -0.3 is 14.7 Å². The molecule has 37 heavy (non-hydrogen) atoms. The van der Waals surface area contributed by atoms with E-state index in [2.05, 4.69) is 68.2 Å². The van der Waals surface area contributed by atoms with Crippen LogP contribution < -0.4 is 4.90 Å². The number of carbonyl (C=O) groups is 1. The highest BCUT2D eigenvalue weighted by molar-refractivity contribution is 5.98. The second-order valence-electron chi connectivity index (χ2n) is 12.2. The van der Waals surface area contributed by atoms with Crippen molar-refractivity contribution >= 4 is 17.2 Å². The zero-order valence-electron chi connectivity index (χ0n) is 23.3. The summed E-state index contributed by atoms with van der Waals surface area (Å²) in [5.74, 6) is 1.64. The number of benzene rings is 1. The van der Waals surface area contributed by atoms with Crippen LogP contribution in [-0.4, -0.2) is 50.6 Å². The molecule has 3 unspecified atom stereocenters.